The molecule has 4 aromatic rings. The largest absolute Gasteiger partial charge is 0.469 e. The lowest BCUT2D eigenvalue weighted by molar-refractivity contribution is -0.161. The lowest BCUT2D eigenvalue weighted by Gasteiger charge is -2.18. The molecule has 0 aromatic heterocycles. The minimum Gasteiger partial charge on any atom is -0.462 e. The molecule has 50 heavy (non-hydrogen) atoms. The molecule has 274 valence electrons. The SMILES string of the molecule is CCCCCCCCCCCCCCCC(=O)OC[C@H](COP(=O)(O)O)OC(=O)CCCCCc1ccc2ccc3cccc4ccc1c2c34. The van der Waals surface area contributed by atoms with Crippen molar-refractivity contribution in [1.29, 1.82) is 0 Å². The summed E-state index contributed by atoms with van der Waals surface area (Å²) in [5.41, 5.74) is 1.29. The number of esters is 2. The predicted octanol–water partition coefficient (Wildman–Crippen LogP) is 10.7. The van der Waals surface area contributed by atoms with Gasteiger partial charge >= 0.3 is 19.8 Å². The quantitative estimate of drug-likeness (QED) is 0.0286. The molecule has 0 bridgehead atoms. The van der Waals surface area contributed by atoms with Crippen LogP contribution in [0.2, 0.25) is 0 Å². The van der Waals surface area contributed by atoms with E-state index in [1.54, 1.807) is 0 Å². The van der Waals surface area contributed by atoms with E-state index in [0.29, 0.717) is 12.8 Å². The highest BCUT2D eigenvalue weighted by molar-refractivity contribution is 7.46. The number of carbonyl (C=O) groups is 2. The van der Waals surface area contributed by atoms with Gasteiger partial charge in [-0.2, -0.15) is 0 Å². The summed E-state index contributed by atoms with van der Waals surface area (Å²) in [6.07, 6.45) is 18.3. The Labute approximate surface area is 297 Å². The Hall–Kier alpha value is -3.03. The summed E-state index contributed by atoms with van der Waals surface area (Å²) in [5, 5.41) is 7.58. The second-order valence-corrected chi connectivity index (χ2v) is 15.0. The summed E-state index contributed by atoms with van der Waals surface area (Å²) in [6, 6.07) is 19.5. The molecule has 2 N–H and O–H groups in total. The van der Waals surface area contributed by atoms with E-state index < -0.39 is 32.5 Å². The molecule has 0 heterocycles. The van der Waals surface area contributed by atoms with Gasteiger partial charge < -0.3 is 19.3 Å². The number of ether oxygens (including phenoxy) is 2. The summed E-state index contributed by atoms with van der Waals surface area (Å²) < 4.78 is 26.6. The molecule has 0 amide bonds. The summed E-state index contributed by atoms with van der Waals surface area (Å²) in [7, 11) is -4.78. The first kappa shape index (κ1) is 39.8. The van der Waals surface area contributed by atoms with Gasteiger partial charge in [-0.1, -0.05) is 145 Å². The average Bonchev–Trinajstić information content (AvgIpc) is 3.10. The zero-order valence-corrected chi connectivity index (χ0v) is 30.8. The van der Waals surface area contributed by atoms with Crippen LogP contribution in [0.5, 0.6) is 0 Å². The predicted molar refractivity (Wildman–Crippen MR) is 201 cm³/mol. The molecule has 0 aliphatic carbocycles. The number of unbranched alkanes of at least 4 members (excludes halogenated alkanes) is 14. The molecule has 0 saturated carbocycles. The zero-order valence-electron chi connectivity index (χ0n) is 29.9. The van der Waals surface area contributed by atoms with E-state index in [-0.39, 0.29) is 19.4 Å². The van der Waals surface area contributed by atoms with Crippen LogP contribution in [0.3, 0.4) is 0 Å². The molecule has 0 aliphatic rings. The summed E-state index contributed by atoms with van der Waals surface area (Å²) in [4.78, 5) is 43.2. The van der Waals surface area contributed by atoms with E-state index in [2.05, 4.69) is 66.0 Å². The first-order chi connectivity index (χ1) is 24.2. The topological polar surface area (TPSA) is 119 Å². The summed E-state index contributed by atoms with van der Waals surface area (Å²) >= 11 is 0. The Morgan fingerprint density at radius 2 is 1.14 bits per heavy atom. The maximum absolute atomic E-state index is 12.6. The molecule has 0 spiro atoms. The van der Waals surface area contributed by atoms with Gasteiger partial charge in [0, 0.05) is 12.8 Å². The number of benzene rings is 4. The number of phosphoric ester groups is 1. The molecule has 0 unspecified atom stereocenters. The Bertz CT molecular complexity index is 1630. The van der Waals surface area contributed by atoms with Crippen molar-refractivity contribution >= 4 is 52.1 Å². The van der Waals surface area contributed by atoms with Crippen molar-refractivity contribution in [2.45, 2.75) is 135 Å². The second-order valence-electron chi connectivity index (χ2n) is 13.7. The van der Waals surface area contributed by atoms with Gasteiger partial charge in [-0.3, -0.25) is 14.1 Å². The van der Waals surface area contributed by atoms with E-state index in [0.717, 1.165) is 32.1 Å². The summed E-state index contributed by atoms with van der Waals surface area (Å²) in [5.74, 6) is -0.934. The van der Waals surface area contributed by atoms with E-state index >= 15 is 0 Å². The van der Waals surface area contributed by atoms with Crippen molar-refractivity contribution < 1.29 is 37.9 Å². The Balaban J connectivity index is 1.11. The van der Waals surface area contributed by atoms with Crippen LogP contribution in [0.1, 0.15) is 128 Å². The van der Waals surface area contributed by atoms with Gasteiger partial charge in [-0.05, 0) is 63.6 Å². The van der Waals surface area contributed by atoms with Gasteiger partial charge in [0.1, 0.15) is 6.61 Å². The van der Waals surface area contributed by atoms with E-state index in [1.807, 2.05) is 0 Å². The molecular formula is C41H57O8P. The molecule has 1 atom stereocenters. The van der Waals surface area contributed by atoms with Crippen LogP contribution >= 0.6 is 7.82 Å². The molecule has 4 aromatic carbocycles. The van der Waals surface area contributed by atoms with Crippen LogP contribution < -0.4 is 0 Å². The summed E-state index contributed by atoms with van der Waals surface area (Å²) in [6.45, 7) is 1.38. The number of hydrogen-bond donors (Lipinski definition) is 2. The molecule has 9 heteroatoms. The van der Waals surface area contributed by atoms with Gasteiger partial charge in [0.2, 0.25) is 0 Å². The first-order valence-electron chi connectivity index (χ1n) is 19.0. The Kier molecular flexibility index (Phi) is 17.0. The minimum atomic E-state index is -4.78. The number of hydrogen-bond acceptors (Lipinski definition) is 6. The van der Waals surface area contributed by atoms with E-state index in [9.17, 15) is 14.2 Å². The van der Waals surface area contributed by atoms with Crippen LogP contribution in [-0.4, -0.2) is 41.0 Å². The number of carbonyl (C=O) groups excluding carboxylic acids is 2. The fraction of sp³-hybridized carbons (Fsp3) is 0.561. The molecule has 0 aliphatic heterocycles. The Morgan fingerprint density at radius 3 is 1.76 bits per heavy atom. The monoisotopic (exact) mass is 708 g/mol. The van der Waals surface area contributed by atoms with Gasteiger partial charge in [0.05, 0.1) is 6.61 Å². The second kappa shape index (κ2) is 21.4. The number of rotatable bonds is 26. The van der Waals surface area contributed by atoms with Crippen molar-refractivity contribution in [1.82, 2.24) is 0 Å². The fourth-order valence-corrected chi connectivity index (χ4v) is 7.22. The minimum absolute atomic E-state index is 0.151. The Morgan fingerprint density at radius 1 is 0.620 bits per heavy atom. The van der Waals surface area contributed by atoms with Crippen molar-refractivity contribution in [3.63, 3.8) is 0 Å². The third-order valence-electron chi connectivity index (χ3n) is 9.59. The number of phosphoric acid groups is 1. The van der Waals surface area contributed by atoms with Gasteiger partial charge in [0.15, 0.2) is 6.10 Å². The highest BCUT2D eigenvalue weighted by Gasteiger charge is 2.23. The number of aryl methyl sites for hydroxylation is 1. The van der Waals surface area contributed by atoms with Crippen LogP contribution in [0.25, 0.3) is 32.3 Å². The lowest BCUT2D eigenvalue weighted by atomic mass is 9.90. The third kappa shape index (κ3) is 13.6. The van der Waals surface area contributed by atoms with Crippen LogP contribution in [-0.2, 0) is 34.6 Å². The maximum atomic E-state index is 12.6. The molecular weight excluding hydrogens is 651 g/mol. The first-order valence-corrected chi connectivity index (χ1v) is 20.5. The van der Waals surface area contributed by atoms with Crippen molar-refractivity contribution in [2.75, 3.05) is 13.2 Å². The molecule has 4 rings (SSSR count). The standard InChI is InChI=1S/C41H57O8P/c1-2-3-4-5-6-7-8-9-10-11-12-13-16-22-38(42)47-30-36(31-48-50(44,45)46)49-39(43)23-17-14-15-19-32-24-25-35-27-26-33-20-18-21-34-28-29-37(32)41(35)40(33)34/h18,20-21,24-29,36H,2-17,19,22-23,30-31H2,1H3,(H2,44,45,46)/t36-/m1/s1. The van der Waals surface area contributed by atoms with Crippen molar-refractivity contribution in [3.8, 4) is 0 Å². The van der Waals surface area contributed by atoms with E-state index in [4.69, 9.17) is 19.3 Å². The fourth-order valence-electron chi connectivity index (χ4n) is 6.86. The van der Waals surface area contributed by atoms with Crippen LogP contribution in [0.4, 0.5) is 0 Å². The van der Waals surface area contributed by atoms with Crippen LogP contribution in [0, 0.1) is 0 Å². The molecule has 0 saturated heterocycles. The van der Waals surface area contributed by atoms with Gasteiger partial charge in [-0.25, -0.2) is 4.57 Å². The van der Waals surface area contributed by atoms with Crippen molar-refractivity contribution in [3.05, 3.63) is 60.2 Å². The normalized spacial score (nSPS) is 12.6. The maximum Gasteiger partial charge on any atom is 0.469 e. The highest BCUT2D eigenvalue weighted by atomic mass is 31.2. The zero-order chi connectivity index (χ0) is 35.6. The molecule has 0 fully saturated rings. The average molecular weight is 709 g/mol. The van der Waals surface area contributed by atoms with E-state index in [1.165, 1.54) is 102 Å². The van der Waals surface area contributed by atoms with Gasteiger partial charge in [0.25, 0.3) is 0 Å². The van der Waals surface area contributed by atoms with Gasteiger partial charge in [-0.15, -0.1) is 0 Å². The van der Waals surface area contributed by atoms with Crippen LogP contribution in [0.15, 0.2) is 54.6 Å². The molecule has 0 radical (unpaired) electrons. The molecule has 8 nitrogen and oxygen atoms in total. The van der Waals surface area contributed by atoms with Crippen molar-refractivity contribution in [2.24, 2.45) is 0 Å². The lowest BCUT2D eigenvalue weighted by Crippen LogP contribution is -2.29. The smallest absolute Gasteiger partial charge is 0.462 e. The third-order valence-corrected chi connectivity index (χ3v) is 10.1. The highest BCUT2D eigenvalue weighted by Crippen LogP contribution is 2.37.